The molecule has 1 heterocycles. The first-order valence-electron chi connectivity index (χ1n) is 5.89. The molecule has 2 rings (SSSR count). The number of carbonyl (C=O) groups excluding carboxylic acids is 1. The van der Waals surface area contributed by atoms with Crippen molar-refractivity contribution in [3.8, 4) is 0 Å². The molecule has 0 spiro atoms. The molecule has 1 aromatic carbocycles. The van der Waals surface area contributed by atoms with Crippen LogP contribution in [0.5, 0.6) is 0 Å². The molecule has 6 heteroatoms. The van der Waals surface area contributed by atoms with Gasteiger partial charge in [-0.05, 0) is 25.1 Å². The number of benzene rings is 1. The molecule has 0 unspecified atom stereocenters. The molecule has 2 N–H and O–H groups in total. The van der Waals surface area contributed by atoms with Gasteiger partial charge in [-0.3, -0.25) is 9.59 Å². The second kappa shape index (κ2) is 5.64. The highest BCUT2D eigenvalue weighted by Crippen LogP contribution is 2.09. The molecule has 20 heavy (non-hydrogen) atoms. The lowest BCUT2D eigenvalue weighted by Gasteiger charge is -2.06. The first kappa shape index (κ1) is 13.9. The summed E-state index contributed by atoms with van der Waals surface area (Å²) in [6.07, 6.45) is 1.29. The molecule has 104 valence electrons. The van der Waals surface area contributed by atoms with Crippen molar-refractivity contribution in [2.24, 2.45) is 0 Å². The molecular formula is C14H12F2N2O2. The quantitative estimate of drug-likeness (QED) is 0.900. The maximum Gasteiger partial charge on any atom is 0.257 e. The second-order valence-electron chi connectivity index (χ2n) is 4.31. The summed E-state index contributed by atoms with van der Waals surface area (Å²) in [5.41, 5.74) is 0.135. The molecule has 4 nitrogen and oxygen atoms in total. The van der Waals surface area contributed by atoms with Gasteiger partial charge in [-0.25, -0.2) is 8.78 Å². The number of halogens is 2. The van der Waals surface area contributed by atoms with E-state index in [1.165, 1.54) is 12.3 Å². The summed E-state index contributed by atoms with van der Waals surface area (Å²) < 4.78 is 26.3. The van der Waals surface area contributed by atoms with E-state index in [0.717, 1.165) is 18.2 Å². The van der Waals surface area contributed by atoms with Crippen LogP contribution in [-0.4, -0.2) is 10.9 Å². The van der Waals surface area contributed by atoms with Crippen LogP contribution in [0.15, 0.2) is 35.3 Å². The smallest absolute Gasteiger partial charge is 0.257 e. The van der Waals surface area contributed by atoms with Crippen molar-refractivity contribution >= 4 is 5.91 Å². The average molecular weight is 278 g/mol. The first-order chi connectivity index (χ1) is 9.47. The van der Waals surface area contributed by atoms with Crippen molar-refractivity contribution in [1.29, 1.82) is 0 Å². The molecule has 1 aromatic heterocycles. The number of aromatic amines is 1. The molecule has 0 saturated heterocycles. The molecule has 0 radical (unpaired) electrons. The Kier molecular flexibility index (Phi) is 3.93. The Morgan fingerprint density at radius 2 is 2.05 bits per heavy atom. The summed E-state index contributed by atoms with van der Waals surface area (Å²) in [6, 6.07) is 4.26. The molecule has 0 bridgehead atoms. The van der Waals surface area contributed by atoms with Crippen LogP contribution >= 0.6 is 0 Å². The summed E-state index contributed by atoms with van der Waals surface area (Å²) in [6.45, 7) is 1.49. The van der Waals surface area contributed by atoms with Crippen molar-refractivity contribution < 1.29 is 13.6 Å². The first-order valence-corrected chi connectivity index (χ1v) is 5.89. The topological polar surface area (TPSA) is 62.0 Å². The van der Waals surface area contributed by atoms with E-state index in [1.807, 2.05) is 0 Å². The highest BCUT2D eigenvalue weighted by molar-refractivity contribution is 5.93. The number of aryl methyl sites for hydroxylation is 1. The van der Waals surface area contributed by atoms with Gasteiger partial charge in [-0.2, -0.15) is 0 Å². The molecular weight excluding hydrogens is 266 g/mol. The second-order valence-corrected chi connectivity index (χ2v) is 4.31. The molecule has 2 aromatic rings. The molecule has 0 aliphatic rings. The summed E-state index contributed by atoms with van der Waals surface area (Å²) in [5.74, 6) is -1.86. The monoisotopic (exact) mass is 278 g/mol. The summed E-state index contributed by atoms with van der Waals surface area (Å²) in [7, 11) is 0. The highest BCUT2D eigenvalue weighted by Gasteiger charge is 2.11. The summed E-state index contributed by atoms with van der Waals surface area (Å²) in [5, 5.41) is 2.38. The predicted molar refractivity (Wildman–Crippen MR) is 69.3 cm³/mol. The fraction of sp³-hybridized carbons (Fsp3) is 0.143. The Bertz CT molecular complexity index is 711. The van der Waals surface area contributed by atoms with Gasteiger partial charge in [0.15, 0.2) is 5.43 Å². The zero-order valence-electron chi connectivity index (χ0n) is 10.7. The molecule has 0 aliphatic carbocycles. The number of H-pyrrole nitrogens is 1. The van der Waals surface area contributed by atoms with Crippen LogP contribution in [0, 0.1) is 18.6 Å². The number of hydrogen-bond donors (Lipinski definition) is 2. The van der Waals surface area contributed by atoms with E-state index < -0.39 is 23.0 Å². The third-order valence-electron chi connectivity index (χ3n) is 2.75. The van der Waals surface area contributed by atoms with Crippen LogP contribution in [0.1, 0.15) is 21.6 Å². The number of pyridine rings is 1. The Morgan fingerprint density at radius 3 is 2.75 bits per heavy atom. The average Bonchev–Trinajstić information content (AvgIpc) is 2.39. The van der Waals surface area contributed by atoms with Gasteiger partial charge in [0, 0.05) is 30.1 Å². The van der Waals surface area contributed by atoms with E-state index in [2.05, 4.69) is 10.3 Å². The molecule has 1 amide bonds. The molecule has 0 atom stereocenters. The van der Waals surface area contributed by atoms with Crippen LogP contribution in [-0.2, 0) is 6.54 Å². The summed E-state index contributed by atoms with van der Waals surface area (Å²) >= 11 is 0. The fourth-order valence-corrected chi connectivity index (χ4v) is 1.70. The number of hydrogen-bond acceptors (Lipinski definition) is 2. The van der Waals surface area contributed by atoms with E-state index in [4.69, 9.17) is 0 Å². The van der Waals surface area contributed by atoms with Crippen LogP contribution in [0.25, 0.3) is 0 Å². The fourth-order valence-electron chi connectivity index (χ4n) is 1.70. The van der Waals surface area contributed by atoms with Gasteiger partial charge in [-0.15, -0.1) is 0 Å². The van der Waals surface area contributed by atoms with Crippen molar-refractivity contribution in [1.82, 2.24) is 10.3 Å². The number of nitrogens with one attached hydrogen (secondary N) is 2. The Morgan fingerprint density at radius 1 is 1.30 bits per heavy atom. The van der Waals surface area contributed by atoms with Crippen LogP contribution in [0.4, 0.5) is 8.78 Å². The van der Waals surface area contributed by atoms with E-state index >= 15 is 0 Å². The summed E-state index contributed by atoms with van der Waals surface area (Å²) in [4.78, 5) is 26.1. The van der Waals surface area contributed by atoms with Crippen LogP contribution in [0.2, 0.25) is 0 Å². The van der Waals surface area contributed by atoms with Crippen LogP contribution < -0.4 is 10.7 Å². The largest absolute Gasteiger partial charge is 0.364 e. The van der Waals surface area contributed by atoms with Gasteiger partial charge in [0.05, 0.1) is 0 Å². The number of rotatable bonds is 3. The third-order valence-corrected chi connectivity index (χ3v) is 2.75. The maximum atomic E-state index is 13.4. The van der Waals surface area contributed by atoms with E-state index in [-0.39, 0.29) is 17.7 Å². The lowest BCUT2D eigenvalue weighted by atomic mass is 10.2. The lowest BCUT2D eigenvalue weighted by molar-refractivity contribution is 0.0949. The number of aromatic nitrogens is 1. The number of carbonyl (C=O) groups is 1. The van der Waals surface area contributed by atoms with Gasteiger partial charge < -0.3 is 10.3 Å². The van der Waals surface area contributed by atoms with Gasteiger partial charge in [0.2, 0.25) is 0 Å². The standard InChI is InChI=1S/C14H12F2N2O2/c1-8-4-13(19)11(7-17-8)14(20)18-6-9-5-10(15)2-3-12(9)16/h2-5,7H,6H2,1H3,(H,17,19)(H,18,20). The minimum Gasteiger partial charge on any atom is -0.364 e. The molecule has 0 aliphatic heterocycles. The normalized spacial score (nSPS) is 10.3. The maximum absolute atomic E-state index is 13.4. The minimum absolute atomic E-state index is 0.0156. The lowest BCUT2D eigenvalue weighted by Crippen LogP contribution is -2.28. The SMILES string of the molecule is Cc1cc(=O)c(C(=O)NCc2cc(F)ccc2F)c[nH]1. The van der Waals surface area contributed by atoms with Crippen molar-refractivity contribution in [3.05, 3.63) is 69.1 Å². The molecule has 0 fully saturated rings. The Balaban J connectivity index is 2.12. The zero-order chi connectivity index (χ0) is 14.7. The highest BCUT2D eigenvalue weighted by atomic mass is 19.1. The Labute approximate surface area is 113 Å². The van der Waals surface area contributed by atoms with Crippen molar-refractivity contribution in [2.45, 2.75) is 13.5 Å². The zero-order valence-corrected chi connectivity index (χ0v) is 10.7. The van der Waals surface area contributed by atoms with Gasteiger partial charge in [0.25, 0.3) is 5.91 Å². The van der Waals surface area contributed by atoms with Gasteiger partial charge >= 0.3 is 0 Å². The Hall–Kier alpha value is -2.50. The minimum atomic E-state index is -0.644. The van der Waals surface area contributed by atoms with Crippen LogP contribution in [0.3, 0.4) is 0 Å². The predicted octanol–water partition coefficient (Wildman–Crippen LogP) is 1.89. The van der Waals surface area contributed by atoms with Gasteiger partial charge in [-0.1, -0.05) is 0 Å². The van der Waals surface area contributed by atoms with Gasteiger partial charge in [0.1, 0.15) is 17.2 Å². The van der Waals surface area contributed by atoms with E-state index in [0.29, 0.717) is 5.69 Å². The molecule has 0 saturated carbocycles. The van der Waals surface area contributed by atoms with E-state index in [1.54, 1.807) is 6.92 Å². The number of amides is 1. The third kappa shape index (κ3) is 3.09. The van der Waals surface area contributed by atoms with E-state index in [9.17, 15) is 18.4 Å². The van der Waals surface area contributed by atoms with Crippen molar-refractivity contribution in [2.75, 3.05) is 0 Å². The van der Waals surface area contributed by atoms with Crippen molar-refractivity contribution in [3.63, 3.8) is 0 Å².